The first kappa shape index (κ1) is 25.1. The Labute approximate surface area is 176 Å². The molecule has 6 N–H and O–H groups in total. The molecule has 1 aromatic rings. The van der Waals surface area contributed by atoms with Crippen molar-refractivity contribution in [2.45, 2.75) is 64.7 Å². The number of nitrogens with two attached hydrogens (primary N) is 1. The third-order valence-electron chi connectivity index (χ3n) is 4.91. The molecule has 0 heterocycles. The second-order valence-electron chi connectivity index (χ2n) is 7.47. The number of rotatable bonds is 11. The average molecular weight is 421 g/mol. The van der Waals surface area contributed by atoms with Crippen molar-refractivity contribution < 1.29 is 24.3 Å². The van der Waals surface area contributed by atoms with Crippen LogP contribution in [0.1, 0.15) is 39.7 Å². The first-order valence-electron chi connectivity index (χ1n) is 10.00. The monoisotopic (exact) mass is 420 g/mol. The Kier molecular flexibility index (Phi) is 9.97. The summed E-state index contributed by atoms with van der Waals surface area (Å²) in [6, 6.07) is 5.54. The van der Waals surface area contributed by atoms with E-state index in [-0.39, 0.29) is 5.92 Å². The number of carbonyl (C=O) groups is 4. The number of hydrogen-bond donors (Lipinski definition) is 5. The second kappa shape index (κ2) is 11.9. The fraction of sp³-hybridized carbons (Fsp3) is 0.524. The molecular formula is C21H32N4O5. The summed E-state index contributed by atoms with van der Waals surface area (Å²) < 4.78 is 0. The Bertz CT molecular complexity index is 740. The molecule has 0 aromatic heterocycles. The third kappa shape index (κ3) is 7.82. The summed E-state index contributed by atoms with van der Waals surface area (Å²) >= 11 is 0. The summed E-state index contributed by atoms with van der Waals surface area (Å²) in [5, 5.41) is 16.4. The lowest BCUT2D eigenvalue weighted by molar-refractivity contribution is -0.141. The number of carboxylic acids is 1. The zero-order valence-corrected chi connectivity index (χ0v) is 17.8. The van der Waals surface area contributed by atoms with Gasteiger partial charge in [0.2, 0.25) is 17.7 Å². The maximum Gasteiger partial charge on any atom is 0.325 e. The van der Waals surface area contributed by atoms with Crippen molar-refractivity contribution in [1.29, 1.82) is 0 Å². The van der Waals surface area contributed by atoms with Crippen LogP contribution in [0.3, 0.4) is 0 Å². The molecule has 0 spiro atoms. The highest BCUT2D eigenvalue weighted by Gasteiger charge is 2.30. The van der Waals surface area contributed by atoms with Crippen LogP contribution in [0, 0.1) is 5.92 Å². The highest BCUT2D eigenvalue weighted by molar-refractivity contribution is 5.94. The molecule has 9 heteroatoms. The number of nitrogens with one attached hydrogen (secondary N) is 3. The summed E-state index contributed by atoms with van der Waals surface area (Å²) in [6.07, 6.45) is 0.941. The van der Waals surface area contributed by atoms with Gasteiger partial charge in [0.25, 0.3) is 0 Å². The van der Waals surface area contributed by atoms with Crippen molar-refractivity contribution in [3.63, 3.8) is 0 Å². The molecule has 166 valence electrons. The number of carbonyl (C=O) groups excluding carboxylic acids is 3. The molecule has 5 unspecified atom stereocenters. The van der Waals surface area contributed by atoms with Gasteiger partial charge in [0.15, 0.2) is 0 Å². The molecule has 1 aromatic carbocycles. The van der Waals surface area contributed by atoms with Crippen LogP contribution in [-0.2, 0) is 25.6 Å². The van der Waals surface area contributed by atoms with Crippen LogP contribution in [0.5, 0.6) is 0 Å². The lowest BCUT2D eigenvalue weighted by Crippen LogP contribution is -2.58. The van der Waals surface area contributed by atoms with Crippen LogP contribution in [-0.4, -0.2) is 53.0 Å². The van der Waals surface area contributed by atoms with Crippen LogP contribution >= 0.6 is 0 Å². The maximum atomic E-state index is 12.7. The van der Waals surface area contributed by atoms with Gasteiger partial charge in [0, 0.05) is 0 Å². The Morgan fingerprint density at radius 2 is 1.47 bits per heavy atom. The van der Waals surface area contributed by atoms with Crippen molar-refractivity contribution >= 4 is 23.7 Å². The first-order chi connectivity index (χ1) is 14.1. The molecule has 0 radical (unpaired) electrons. The largest absolute Gasteiger partial charge is 0.480 e. The predicted molar refractivity (Wildman–Crippen MR) is 112 cm³/mol. The summed E-state index contributed by atoms with van der Waals surface area (Å²) in [7, 11) is 0. The second-order valence-corrected chi connectivity index (χ2v) is 7.47. The molecular weight excluding hydrogens is 388 g/mol. The highest BCUT2D eigenvalue weighted by atomic mass is 16.4. The van der Waals surface area contributed by atoms with E-state index in [2.05, 4.69) is 16.0 Å². The molecule has 0 aliphatic carbocycles. The van der Waals surface area contributed by atoms with E-state index in [1.165, 1.54) is 13.8 Å². The first-order valence-corrected chi connectivity index (χ1v) is 10.00. The van der Waals surface area contributed by atoms with E-state index < -0.39 is 47.9 Å². The Hall–Kier alpha value is -2.94. The van der Waals surface area contributed by atoms with Gasteiger partial charge in [-0.05, 0) is 31.7 Å². The number of hydrogen-bond acceptors (Lipinski definition) is 5. The summed E-state index contributed by atoms with van der Waals surface area (Å²) in [4.78, 5) is 48.3. The topological polar surface area (TPSA) is 151 Å². The van der Waals surface area contributed by atoms with Gasteiger partial charge in [-0.2, -0.15) is 0 Å². The number of amides is 3. The smallest absolute Gasteiger partial charge is 0.325 e. The quantitative estimate of drug-likeness (QED) is 0.345. The van der Waals surface area contributed by atoms with Crippen molar-refractivity contribution in [2.24, 2.45) is 11.7 Å². The van der Waals surface area contributed by atoms with Gasteiger partial charge in [-0.1, -0.05) is 50.6 Å². The molecule has 0 saturated carbocycles. The Morgan fingerprint density at radius 3 is 2.00 bits per heavy atom. The molecule has 3 amide bonds. The fourth-order valence-corrected chi connectivity index (χ4v) is 2.69. The Morgan fingerprint density at radius 1 is 0.900 bits per heavy atom. The van der Waals surface area contributed by atoms with Crippen LogP contribution in [0.25, 0.3) is 0 Å². The van der Waals surface area contributed by atoms with Crippen LogP contribution < -0.4 is 21.7 Å². The minimum atomic E-state index is -1.18. The summed E-state index contributed by atoms with van der Waals surface area (Å²) in [5.41, 5.74) is 6.91. The van der Waals surface area contributed by atoms with Gasteiger partial charge in [0.05, 0.1) is 6.04 Å². The van der Waals surface area contributed by atoms with Crippen LogP contribution in [0.4, 0.5) is 0 Å². The van der Waals surface area contributed by atoms with Gasteiger partial charge < -0.3 is 26.8 Å². The van der Waals surface area contributed by atoms with Crippen LogP contribution in [0.15, 0.2) is 30.3 Å². The predicted octanol–water partition coefficient (Wildman–Crippen LogP) is 0.181. The molecule has 30 heavy (non-hydrogen) atoms. The van der Waals surface area contributed by atoms with Crippen molar-refractivity contribution in [2.75, 3.05) is 0 Å². The molecule has 0 aliphatic rings. The van der Waals surface area contributed by atoms with Crippen molar-refractivity contribution in [1.82, 2.24) is 16.0 Å². The maximum absolute atomic E-state index is 12.7. The number of carboxylic acid groups (broad SMARTS) is 1. The van der Waals surface area contributed by atoms with Crippen molar-refractivity contribution in [3.05, 3.63) is 35.9 Å². The third-order valence-corrected chi connectivity index (χ3v) is 4.91. The number of aliphatic carboxylic acids is 1. The minimum Gasteiger partial charge on any atom is -0.480 e. The lowest BCUT2D eigenvalue weighted by atomic mass is 9.97. The molecule has 0 fully saturated rings. The lowest BCUT2D eigenvalue weighted by Gasteiger charge is -2.26. The van der Waals surface area contributed by atoms with Crippen LogP contribution in [0.2, 0.25) is 0 Å². The van der Waals surface area contributed by atoms with E-state index in [1.807, 2.05) is 44.2 Å². The molecule has 5 atom stereocenters. The van der Waals surface area contributed by atoms with E-state index in [9.17, 15) is 19.2 Å². The Balaban J connectivity index is 2.75. The van der Waals surface area contributed by atoms with Gasteiger partial charge in [-0.25, -0.2) is 0 Å². The van der Waals surface area contributed by atoms with E-state index in [4.69, 9.17) is 10.8 Å². The van der Waals surface area contributed by atoms with Gasteiger partial charge in [-0.3, -0.25) is 19.2 Å². The SMILES string of the molecule is CCC(C)C(NC(=O)C(N)Cc1ccccc1)C(=O)NC(C)C(=O)NC(C)C(=O)O. The standard InChI is InChI=1S/C21H32N4O5/c1-5-12(2)17(20(28)23-13(3)18(26)24-14(4)21(29)30)25-19(27)16(22)11-15-9-7-6-8-10-15/h6-10,12-14,16-17H,5,11,22H2,1-4H3,(H,23,28)(H,24,26)(H,25,27)(H,29,30). The van der Waals surface area contributed by atoms with Gasteiger partial charge in [-0.15, -0.1) is 0 Å². The molecule has 1 rings (SSSR count). The normalized spacial score (nSPS) is 15.8. The average Bonchev–Trinajstić information content (AvgIpc) is 2.71. The molecule has 9 nitrogen and oxygen atoms in total. The van der Waals surface area contributed by atoms with E-state index in [1.54, 1.807) is 0 Å². The molecule has 0 bridgehead atoms. The highest BCUT2D eigenvalue weighted by Crippen LogP contribution is 2.10. The van der Waals surface area contributed by atoms with E-state index in [0.29, 0.717) is 12.8 Å². The van der Waals surface area contributed by atoms with Gasteiger partial charge >= 0.3 is 5.97 Å². The molecule has 0 aliphatic heterocycles. The fourth-order valence-electron chi connectivity index (χ4n) is 2.69. The number of benzene rings is 1. The van der Waals surface area contributed by atoms with E-state index >= 15 is 0 Å². The van der Waals surface area contributed by atoms with Gasteiger partial charge in [0.1, 0.15) is 18.1 Å². The summed E-state index contributed by atoms with van der Waals surface area (Å²) in [6.45, 7) is 6.46. The zero-order valence-electron chi connectivity index (χ0n) is 17.8. The van der Waals surface area contributed by atoms with Crippen molar-refractivity contribution in [3.8, 4) is 0 Å². The molecule has 0 saturated heterocycles. The minimum absolute atomic E-state index is 0.203. The zero-order chi connectivity index (χ0) is 22.8. The summed E-state index contributed by atoms with van der Waals surface area (Å²) in [5.74, 6) is -3.01. The van der Waals surface area contributed by atoms with E-state index in [0.717, 1.165) is 5.56 Å².